The Morgan fingerprint density at radius 2 is 1.77 bits per heavy atom. The van der Waals surface area contributed by atoms with Crippen LogP contribution in [-0.2, 0) is 20.6 Å². The Kier molecular flexibility index (Phi) is 8.47. The molecule has 8 heteroatoms. The second-order valence-electron chi connectivity index (χ2n) is 9.37. The van der Waals surface area contributed by atoms with Crippen LogP contribution in [0.3, 0.4) is 0 Å². The molecule has 0 bridgehead atoms. The van der Waals surface area contributed by atoms with Crippen LogP contribution < -0.4 is 5.32 Å². The maximum absolute atomic E-state index is 13.8. The normalized spacial score (nSPS) is 24.2. The van der Waals surface area contributed by atoms with Gasteiger partial charge in [-0.05, 0) is 50.1 Å². The first-order chi connectivity index (χ1) is 14.7. The summed E-state index contributed by atoms with van der Waals surface area (Å²) in [5.74, 6) is 0.483. The van der Waals surface area contributed by atoms with E-state index >= 15 is 0 Å². The molecule has 6 nitrogen and oxygen atoms in total. The zero-order valence-electron chi connectivity index (χ0n) is 18.7. The number of carbonyl (C=O) groups is 1. The fourth-order valence-corrected chi connectivity index (χ4v) is 6.51. The van der Waals surface area contributed by atoms with Crippen LogP contribution in [0.25, 0.3) is 0 Å². The van der Waals surface area contributed by atoms with Gasteiger partial charge < -0.3 is 10.2 Å². The molecule has 174 valence electrons. The molecule has 0 saturated carbocycles. The molecule has 2 fully saturated rings. The third-order valence-corrected chi connectivity index (χ3v) is 8.24. The highest BCUT2D eigenvalue weighted by atomic mass is 32.2. The van der Waals surface area contributed by atoms with E-state index < -0.39 is 15.8 Å². The van der Waals surface area contributed by atoms with Crippen molar-refractivity contribution in [2.24, 2.45) is 17.8 Å². The number of amides is 1. The molecule has 0 spiro atoms. The summed E-state index contributed by atoms with van der Waals surface area (Å²) in [6.45, 7) is 9.14. The monoisotopic (exact) mass is 453 g/mol. The summed E-state index contributed by atoms with van der Waals surface area (Å²) >= 11 is 0. The summed E-state index contributed by atoms with van der Waals surface area (Å²) in [6, 6.07) is 5.95. The van der Waals surface area contributed by atoms with E-state index in [-0.39, 0.29) is 23.1 Å². The van der Waals surface area contributed by atoms with E-state index in [1.54, 1.807) is 12.1 Å². The minimum Gasteiger partial charge on any atom is -0.356 e. The second-order valence-corrected chi connectivity index (χ2v) is 11.3. The first-order valence-electron chi connectivity index (χ1n) is 11.5. The molecule has 2 aliphatic rings. The van der Waals surface area contributed by atoms with Gasteiger partial charge in [0.1, 0.15) is 5.82 Å². The number of halogens is 1. The predicted molar refractivity (Wildman–Crippen MR) is 120 cm³/mol. The molecular weight excluding hydrogens is 417 g/mol. The average Bonchev–Trinajstić information content (AvgIpc) is 2.72. The minimum absolute atomic E-state index is 0.0199. The molecule has 0 unspecified atom stereocenters. The van der Waals surface area contributed by atoms with Gasteiger partial charge in [0.15, 0.2) is 0 Å². The Balaban J connectivity index is 1.38. The number of rotatable bonds is 8. The quantitative estimate of drug-likeness (QED) is 0.615. The first-order valence-corrected chi connectivity index (χ1v) is 13.1. The van der Waals surface area contributed by atoms with Crippen molar-refractivity contribution in [2.75, 3.05) is 39.3 Å². The zero-order valence-corrected chi connectivity index (χ0v) is 19.5. The molecule has 2 saturated heterocycles. The van der Waals surface area contributed by atoms with Crippen LogP contribution in [0.1, 0.15) is 45.1 Å². The van der Waals surface area contributed by atoms with Crippen LogP contribution in [0.2, 0.25) is 0 Å². The van der Waals surface area contributed by atoms with Crippen LogP contribution in [0.4, 0.5) is 4.39 Å². The second kappa shape index (κ2) is 10.9. The Morgan fingerprint density at radius 1 is 1.13 bits per heavy atom. The number of sulfonamides is 1. The molecule has 0 aliphatic carbocycles. The van der Waals surface area contributed by atoms with Crippen molar-refractivity contribution < 1.29 is 17.6 Å². The molecule has 2 atom stereocenters. The third kappa shape index (κ3) is 6.99. The molecule has 0 aromatic heterocycles. The Hall–Kier alpha value is -1.51. The summed E-state index contributed by atoms with van der Waals surface area (Å²) in [6.07, 6.45) is 3.23. The first kappa shape index (κ1) is 24.1. The molecule has 0 radical (unpaired) electrons. The van der Waals surface area contributed by atoms with Crippen molar-refractivity contribution in [3.8, 4) is 0 Å². The topological polar surface area (TPSA) is 69.7 Å². The van der Waals surface area contributed by atoms with Crippen molar-refractivity contribution in [2.45, 2.75) is 45.3 Å². The van der Waals surface area contributed by atoms with Crippen molar-refractivity contribution in [1.82, 2.24) is 14.5 Å². The van der Waals surface area contributed by atoms with Gasteiger partial charge in [-0.2, -0.15) is 0 Å². The predicted octanol–water partition coefficient (Wildman–Crippen LogP) is 2.85. The fraction of sp³-hybridized carbons (Fsp3) is 0.696. The van der Waals surface area contributed by atoms with E-state index in [1.807, 2.05) is 0 Å². The maximum atomic E-state index is 13.8. The highest BCUT2D eigenvalue weighted by molar-refractivity contribution is 7.88. The van der Waals surface area contributed by atoms with Gasteiger partial charge in [0, 0.05) is 44.2 Å². The molecule has 1 N–H and O–H groups in total. The zero-order chi connectivity index (χ0) is 22.4. The molecule has 3 rings (SSSR count). The molecular formula is C23H36FN3O3S. The fourth-order valence-electron chi connectivity index (χ4n) is 4.93. The van der Waals surface area contributed by atoms with Crippen molar-refractivity contribution in [3.05, 3.63) is 35.6 Å². The minimum atomic E-state index is -3.59. The van der Waals surface area contributed by atoms with Crippen LogP contribution >= 0.6 is 0 Å². The molecule has 1 aromatic carbocycles. The molecule has 2 aliphatic heterocycles. The number of nitrogens with one attached hydrogen (secondary N) is 1. The van der Waals surface area contributed by atoms with E-state index in [2.05, 4.69) is 24.1 Å². The lowest BCUT2D eigenvalue weighted by Crippen LogP contribution is -2.44. The average molecular weight is 454 g/mol. The summed E-state index contributed by atoms with van der Waals surface area (Å²) in [5.41, 5.74) is 0.180. The molecule has 2 heterocycles. The standard InChI is InChI=1S/C23H36FN3O3S/c1-18-14-19(2)16-26(15-18)11-5-10-25-23(28)20-8-12-27(13-9-20)31(29,30)17-21-6-3-4-7-22(21)24/h3-4,6-7,18-20H,5,8-17H2,1-2H3,(H,25,28)/t18-,19-/m1/s1. The number of likely N-dealkylation sites (tertiary alicyclic amines) is 1. The van der Waals surface area contributed by atoms with Gasteiger partial charge in [0.25, 0.3) is 0 Å². The van der Waals surface area contributed by atoms with E-state index in [0.29, 0.717) is 32.5 Å². The van der Waals surface area contributed by atoms with Gasteiger partial charge in [-0.15, -0.1) is 0 Å². The van der Waals surface area contributed by atoms with E-state index in [9.17, 15) is 17.6 Å². The highest BCUT2D eigenvalue weighted by Crippen LogP contribution is 2.23. The molecule has 31 heavy (non-hydrogen) atoms. The van der Waals surface area contributed by atoms with Gasteiger partial charge in [0.05, 0.1) is 5.75 Å². The smallest absolute Gasteiger partial charge is 0.223 e. The third-order valence-electron chi connectivity index (χ3n) is 6.41. The van der Waals surface area contributed by atoms with E-state index in [1.165, 1.54) is 22.9 Å². The number of nitrogens with zero attached hydrogens (tertiary/aromatic N) is 2. The van der Waals surface area contributed by atoms with Crippen LogP contribution in [0, 0.1) is 23.6 Å². The lowest BCUT2D eigenvalue weighted by molar-refractivity contribution is -0.126. The summed E-state index contributed by atoms with van der Waals surface area (Å²) in [7, 11) is -3.59. The van der Waals surface area contributed by atoms with Crippen LogP contribution in [0.5, 0.6) is 0 Å². The highest BCUT2D eigenvalue weighted by Gasteiger charge is 2.31. The molecule has 1 amide bonds. The van der Waals surface area contributed by atoms with Gasteiger partial charge in [-0.25, -0.2) is 17.1 Å². The Morgan fingerprint density at radius 3 is 2.42 bits per heavy atom. The van der Waals surface area contributed by atoms with Gasteiger partial charge >= 0.3 is 0 Å². The summed E-state index contributed by atoms with van der Waals surface area (Å²) in [5, 5.41) is 3.03. The van der Waals surface area contributed by atoms with Gasteiger partial charge in [0.2, 0.25) is 15.9 Å². The molecule has 1 aromatic rings. The van der Waals surface area contributed by atoms with Crippen LogP contribution in [0.15, 0.2) is 24.3 Å². The number of benzene rings is 1. The van der Waals surface area contributed by atoms with Crippen molar-refractivity contribution in [3.63, 3.8) is 0 Å². The number of hydrogen-bond donors (Lipinski definition) is 1. The van der Waals surface area contributed by atoms with E-state index in [4.69, 9.17) is 0 Å². The Bertz CT molecular complexity index is 830. The number of piperidine rings is 2. The summed E-state index contributed by atoms with van der Waals surface area (Å²) < 4.78 is 40.5. The van der Waals surface area contributed by atoms with E-state index in [0.717, 1.165) is 37.9 Å². The van der Waals surface area contributed by atoms with Crippen molar-refractivity contribution >= 4 is 15.9 Å². The largest absolute Gasteiger partial charge is 0.356 e. The Labute approximate surface area is 186 Å². The maximum Gasteiger partial charge on any atom is 0.223 e. The number of hydrogen-bond acceptors (Lipinski definition) is 4. The lowest BCUT2D eigenvalue weighted by atomic mass is 9.92. The van der Waals surface area contributed by atoms with Gasteiger partial charge in [-0.1, -0.05) is 32.0 Å². The lowest BCUT2D eigenvalue weighted by Gasteiger charge is -2.35. The van der Waals surface area contributed by atoms with Crippen molar-refractivity contribution in [1.29, 1.82) is 0 Å². The SMILES string of the molecule is C[C@@H]1C[C@@H](C)CN(CCCNC(=O)C2CCN(S(=O)(=O)Cc3ccccc3F)CC2)C1. The van der Waals surface area contributed by atoms with Crippen LogP contribution in [-0.4, -0.2) is 62.8 Å². The van der Waals surface area contributed by atoms with Gasteiger partial charge in [-0.3, -0.25) is 4.79 Å². The number of carbonyl (C=O) groups excluding carboxylic acids is 1. The summed E-state index contributed by atoms with van der Waals surface area (Å²) in [4.78, 5) is 15.0.